The Bertz CT molecular complexity index is 725. The summed E-state index contributed by atoms with van der Waals surface area (Å²) < 4.78 is 5.60. The van der Waals surface area contributed by atoms with E-state index in [0.29, 0.717) is 16.9 Å². The molecule has 98 valence electrons. The molecule has 3 rings (SSSR count). The van der Waals surface area contributed by atoms with E-state index in [4.69, 9.17) is 4.42 Å². The van der Waals surface area contributed by atoms with Gasteiger partial charge in [0.2, 0.25) is 0 Å². The molecule has 1 heterocycles. The molecule has 0 aliphatic carbocycles. The van der Waals surface area contributed by atoms with Gasteiger partial charge >= 0.3 is 0 Å². The Kier molecular flexibility index (Phi) is 3.21. The Labute approximate surface area is 117 Å². The molecule has 2 heteroatoms. The second-order valence-corrected chi connectivity index (χ2v) is 4.68. The van der Waals surface area contributed by atoms with Crippen molar-refractivity contribution in [1.29, 1.82) is 0 Å². The lowest BCUT2D eigenvalue weighted by molar-refractivity contribution is 0.103. The first-order chi connectivity index (χ1) is 9.77. The lowest BCUT2D eigenvalue weighted by Crippen LogP contribution is -2.03. The molecule has 0 aliphatic rings. The number of carbonyl (C=O) groups is 1. The maximum Gasteiger partial charge on any atom is 0.197 e. The Morgan fingerprint density at radius 2 is 1.50 bits per heavy atom. The second-order valence-electron chi connectivity index (χ2n) is 4.68. The highest BCUT2D eigenvalue weighted by molar-refractivity contribution is 6.13. The number of aryl methyl sites for hydroxylation is 1. The second kappa shape index (κ2) is 5.17. The van der Waals surface area contributed by atoms with Crippen LogP contribution in [-0.2, 0) is 0 Å². The quantitative estimate of drug-likeness (QED) is 0.651. The van der Waals surface area contributed by atoms with E-state index in [-0.39, 0.29) is 5.78 Å². The molecular weight excluding hydrogens is 248 g/mol. The van der Waals surface area contributed by atoms with Crippen molar-refractivity contribution in [3.05, 3.63) is 83.6 Å². The summed E-state index contributed by atoms with van der Waals surface area (Å²) >= 11 is 0. The zero-order valence-electron chi connectivity index (χ0n) is 11.2. The van der Waals surface area contributed by atoms with E-state index in [1.165, 1.54) is 0 Å². The largest absolute Gasteiger partial charge is 0.463 e. The van der Waals surface area contributed by atoms with Crippen LogP contribution in [-0.4, -0.2) is 5.78 Å². The van der Waals surface area contributed by atoms with Crippen molar-refractivity contribution in [2.45, 2.75) is 6.92 Å². The molecule has 1 aromatic heterocycles. The standard InChI is InChI=1S/C18H14O2/c1-13-12-20-18(15-10-6-3-7-11-15)16(13)17(19)14-8-4-2-5-9-14/h2-12H,1H3. The summed E-state index contributed by atoms with van der Waals surface area (Å²) in [6, 6.07) is 19.0. The Hall–Kier alpha value is -2.61. The highest BCUT2D eigenvalue weighted by Crippen LogP contribution is 2.29. The van der Waals surface area contributed by atoms with E-state index in [1.807, 2.05) is 67.6 Å². The van der Waals surface area contributed by atoms with Gasteiger partial charge in [0, 0.05) is 11.1 Å². The van der Waals surface area contributed by atoms with Gasteiger partial charge in [-0.25, -0.2) is 0 Å². The maximum atomic E-state index is 12.7. The molecule has 0 spiro atoms. The SMILES string of the molecule is Cc1coc(-c2ccccc2)c1C(=O)c1ccccc1. The molecule has 0 atom stereocenters. The van der Waals surface area contributed by atoms with Crippen LogP contribution in [0, 0.1) is 6.92 Å². The molecule has 0 unspecified atom stereocenters. The fraction of sp³-hybridized carbons (Fsp3) is 0.0556. The number of rotatable bonds is 3. The molecule has 0 radical (unpaired) electrons. The van der Waals surface area contributed by atoms with Gasteiger partial charge in [0.15, 0.2) is 5.78 Å². The maximum absolute atomic E-state index is 12.7. The molecule has 0 bridgehead atoms. The van der Waals surface area contributed by atoms with E-state index >= 15 is 0 Å². The lowest BCUT2D eigenvalue weighted by atomic mass is 9.98. The van der Waals surface area contributed by atoms with Gasteiger partial charge < -0.3 is 4.42 Å². The van der Waals surface area contributed by atoms with Crippen LogP contribution in [0.3, 0.4) is 0 Å². The van der Waals surface area contributed by atoms with Gasteiger partial charge in [0.05, 0.1) is 11.8 Å². The van der Waals surface area contributed by atoms with Gasteiger partial charge in [-0.15, -0.1) is 0 Å². The van der Waals surface area contributed by atoms with Gasteiger partial charge in [-0.05, 0) is 12.5 Å². The highest BCUT2D eigenvalue weighted by Gasteiger charge is 2.20. The van der Waals surface area contributed by atoms with E-state index in [2.05, 4.69) is 0 Å². The first kappa shape index (κ1) is 12.4. The summed E-state index contributed by atoms with van der Waals surface area (Å²) in [4.78, 5) is 12.7. The summed E-state index contributed by atoms with van der Waals surface area (Å²) in [7, 11) is 0. The molecule has 0 N–H and O–H groups in total. The molecule has 2 nitrogen and oxygen atoms in total. The van der Waals surface area contributed by atoms with Crippen LogP contribution < -0.4 is 0 Å². The Morgan fingerprint density at radius 1 is 0.900 bits per heavy atom. The van der Waals surface area contributed by atoms with Crippen LogP contribution in [0.5, 0.6) is 0 Å². The van der Waals surface area contributed by atoms with Crippen molar-refractivity contribution >= 4 is 5.78 Å². The Morgan fingerprint density at radius 3 is 2.15 bits per heavy atom. The molecule has 3 aromatic rings. The number of furan rings is 1. The van der Waals surface area contributed by atoms with Crippen molar-refractivity contribution in [3.8, 4) is 11.3 Å². The normalized spacial score (nSPS) is 10.4. The molecule has 0 aliphatic heterocycles. The van der Waals surface area contributed by atoms with Crippen molar-refractivity contribution in [3.63, 3.8) is 0 Å². The van der Waals surface area contributed by atoms with Crippen molar-refractivity contribution in [2.24, 2.45) is 0 Å². The van der Waals surface area contributed by atoms with Crippen LogP contribution in [0.1, 0.15) is 21.5 Å². The zero-order chi connectivity index (χ0) is 13.9. The molecule has 2 aromatic carbocycles. The number of ketones is 1. The fourth-order valence-electron chi connectivity index (χ4n) is 2.26. The number of carbonyl (C=O) groups excluding carboxylic acids is 1. The smallest absolute Gasteiger partial charge is 0.197 e. The van der Waals surface area contributed by atoms with Crippen LogP contribution in [0.2, 0.25) is 0 Å². The van der Waals surface area contributed by atoms with Gasteiger partial charge in [-0.3, -0.25) is 4.79 Å². The average molecular weight is 262 g/mol. The fourth-order valence-corrected chi connectivity index (χ4v) is 2.26. The first-order valence-corrected chi connectivity index (χ1v) is 6.50. The molecule has 20 heavy (non-hydrogen) atoms. The van der Waals surface area contributed by atoms with Gasteiger partial charge in [0.1, 0.15) is 5.76 Å². The van der Waals surface area contributed by atoms with E-state index < -0.39 is 0 Å². The first-order valence-electron chi connectivity index (χ1n) is 6.50. The molecule has 0 saturated heterocycles. The summed E-state index contributed by atoms with van der Waals surface area (Å²) in [5.41, 5.74) is 3.09. The third-order valence-corrected chi connectivity index (χ3v) is 3.27. The van der Waals surface area contributed by atoms with Crippen molar-refractivity contribution < 1.29 is 9.21 Å². The highest BCUT2D eigenvalue weighted by atomic mass is 16.3. The van der Waals surface area contributed by atoms with Gasteiger partial charge in [0.25, 0.3) is 0 Å². The van der Waals surface area contributed by atoms with E-state index in [9.17, 15) is 4.79 Å². The third-order valence-electron chi connectivity index (χ3n) is 3.27. The summed E-state index contributed by atoms with van der Waals surface area (Å²) in [6.07, 6.45) is 1.64. The number of benzene rings is 2. The van der Waals surface area contributed by atoms with Crippen molar-refractivity contribution in [2.75, 3.05) is 0 Å². The van der Waals surface area contributed by atoms with Crippen LogP contribution in [0.25, 0.3) is 11.3 Å². The molecular formula is C18H14O2. The minimum absolute atomic E-state index is 0.00398. The Balaban J connectivity index is 2.11. The van der Waals surface area contributed by atoms with E-state index in [0.717, 1.165) is 11.1 Å². The summed E-state index contributed by atoms with van der Waals surface area (Å²) in [5.74, 6) is 0.632. The monoisotopic (exact) mass is 262 g/mol. The van der Waals surface area contributed by atoms with E-state index in [1.54, 1.807) is 6.26 Å². The van der Waals surface area contributed by atoms with Gasteiger partial charge in [-0.2, -0.15) is 0 Å². The topological polar surface area (TPSA) is 30.2 Å². The number of hydrogen-bond donors (Lipinski definition) is 0. The average Bonchev–Trinajstić information content (AvgIpc) is 2.90. The predicted molar refractivity (Wildman–Crippen MR) is 78.8 cm³/mol. The number of hydrogen-bond acceptors (Lipinski definition) is 2. The molecule has 0 fully saturated rings. The minimum atomic E-state index is -0.00398. The van der Waals surface area contributed by atoms with Gasteiger partial charge in [-0.1, -0.05) is 60.7 Å². The van der Waals surface area contributed by atoms with Crippen molar-refractivity contribution in [1.82, 2.24) is 0 Å². The predicted octanol–water partition coefficient (Wildman–Crippen LogP) is 4.49. The molecule has 0 amide bonds. The minimum Gasteiger partial charge on any atom is -0.463 e. The summed E-state index contributed by atoms with van der Waals surface area (Å²) in [5, 5.41) is 0. The summed E-state index contributed by atoms with van der Waals surface area (Å²) in [6.45, 7) is 1.89. The molecule has 0 saturated carbocycles. The van der Waals surface area contributed by atoms with Crippen LogP contribution in [0.4, 0.5) is 0 Å². The lowest BCUT2D eigenvalue weighted by Gasteiger charge is -2.04. The zero-order valence-corrected chi connectivity index (χ0v) is 11.2. The van der Waals surface area contributed by atoms with Crippen LogP contribution >= 0.6 is 0 Å². The van der Waals surface area contributed by atoms with Crippen LogP contribution in [0.15, 0.2) is 71.3 Å². The third kappa shape index (κ3) is 2.16.